The van der Waals surface area contributed by atoms with Crippen LogP contribution in [0, 0.1) is 24.0 Å². The van der Waals surface area contributed by atoms with Crippen LogP contribution in [0.3, 0.4) is 0 Å². The number of pyridine rings is 1. The number of nitro benzene ring substituents is 1. The molecule has 1 aromatic heterocycles. The number of aromatic nitrogens is 1. The average Bonchev–Trinajstić information content (AvgIpc) is 2.34. The van der Waals surface area contributed by atoms with E-state index >= 15 is 0 Å². The highest BCUT2D eigenvalue weighted by Gasteiger charge is 2.20. The number of rotatable bonds is 3. The molecule has 0 saturated carbocycles. The molecule has 0 fully saturated rings. The Morgan fingerprint density at radius 1 is 1.15 bits per heavy atom. The van der Waals surface area contributed by atoms with Gasteiger partial charge in [0.1, 0.15) is 0 Å². The third kappa shape index (κ3) is 3.16. The fraction of sp³-hybridized carbons (Fsp3) is 0.154. The molecule has 2 aromatic rings. The van der Waals surface area contributed by atoms with Gasteiger partial charge in [0.2, 0.25) is 11.6 Å². The van der Waals surface area contributed by atoms with Crippen LogP contribution in [0.5, 0.6) is 11.6 Å². The molecule has 0 aliphatic heterocycles. The summed E-state index contributed by atoms with van der Waals surface area (Å²) < 4.78 is 7.11. The standard InChI is InChI=1S/C13H10Br2N2O3/c1-7-3-9(14)5-11(17(18)19)12(7)20-13-8(2)4-10(15)6-16-13/h3-6H,1-2H3. The third-order valence-electron chi connectivity index (χ3n) is 2.61. The van der Waals surface area contributed by atoms with E-state index in [-0.39, 0.29) is 11.4 Å². The Hall–Kier alpha value is -1.47. The van der Waals surface area contributed by atoms with Gasteiger partial charge in [-0.05, 0) is 41.9 Å². The summed E-state index contributed by atoms with van der Waals surface area (Å²) in [6.07, 6.45) is 1.59. The van der Waals surface area contributed by atoms with Gasteiger partial charge in [0.15, 0.2) is 0 Å². The zero-order chi connectivity index (χ0) is 14.9. The SMILES string of the molecule is Cc1cc(Br)cnc1Oc1c(C)cc(Br)cc1[N+](=O)[O-]. The molecular formula is C13H10Br2N2O3. The first-order valence-electron chi connectivity index (χ1n) is 5.63. The highest BCUT2D eigenvalue weighted by molar-refractivity contribution is 9.10. The summed E-state index contributed by atoms with van der Waals surface area (Å²) in [5.41, 5.74) is 1.35. The van der Waals surface area contributed by atoms with E-state index < -0.39 is 4.92 Å². The molecule has 0 amide bonds. The van der Waals surface area contributed by atoms with Crippen molar-refractivity contribution in [3.05, 3.63) is 54.6 Å². The van der Waals surface area contributed by atoms with E-state index in [0.29, 0.717) is 15.9 Å². The molecule has 0 aliphatic rings. The molecule has 7 heteroatoms. The van der Waals surface area contributed by atoms with Crippen molar-refractivity contribution in [2.24, 2.45) is 0 Å². The third-order valence-corrected chi connectivity index (χ3v) is 3.50. The fourth-order valence-electron chi connectivity index (χ4n) is 1.71. The summed E-state index contributed by atoms with van der Waals surface area (Å²) in [7, 11) is 0. The van der Waals surface area contributed by atoms with E-state index in [1.54, 1.807) is 19.2 Å². The van der Waals surface area contributed by atoms with Crippen LogP contribution in [0.2, 0.25) is 0 Å². The largest absolute Gasteiger partial charge is 0.431 e. The minimum absolute atomic E-state index is 0.0963. The Morgan fingerprint density at radius 2 is 1.80 bits per heavy atom. The minimum atomic E-state index is -0.471. The number of benzene rings is 1. The predicted molar refractivity (Wildman–Crippen MR) is 82.3 cm³/mol. The number of hydrogen-bond acceptors (Lipinski definition) is 4. The van der Waals surface area contributed by atoms with Crippen LogP contribution in [0.4, 0.5) is 5.69 Å². The van der Waals surface area contributed by atoms with Crippen LogP contribution in [0.1, 0.15) is 11.1 Å². The van der Waals surface area contributed by atoms with Gasteiger partial charge in [-0.1, -0.05) is 15.9 Å². The van der Waals surface area contributed by atoms with E-state index in [1.165, 1.54) is 6.07 Å². The molecule has 0 N–H and O–H groups in total. The smallest absolute Gasteiger partial charge is 0.313 e. The summed E-state index contributed by atoms with van der Waals surface area (Å²) in [6, 6.07) is 5.01. The lowest BCUT2D eigenvalue weighted by atomic mass is 10.2. The second-order valence-corrected chi connectivity index (χ2v) is 6.04. The first-order valence-corrected chi connectivity index (χ1v) is 7.21. The Bertz CT molecular complexity index is 690. The van der Waals surface area contributed by atoms with Crippen molar-refractivity contribution in [1.82, 2.24) is 4.98 Å². The van der Waals surface area contributed by atoms with Crippen molar-refractivity contribution in [3.63, 3.8) is 0 Å². The molecule has 1 heterocycles. The second kappa shape index (κ2) is 5.88. The first kappa shape index (κ1) is 14.9. The van der Waals surface area contributed by atoms with Gasteiger partial charge in [0.05, 0.1) is 4.92 Å². The maximum Gasteiger partial charge on any atom is 0.313 e. The van der Waals surface area contributed by atoms with Crippen molar-refractivity contribution in [1.29, 1.82) is 0 Å². The van der Waals surface area contributed by atoms with Crippen LogP contribution in [-0.4, -0.2) is 9.91 Å². The van der Waals surface area contributed by atoms with Crippen molar-refractivity contribution in [3.8, 4) is 11.6 Å². The Labute approximate surface area is 132 Å². The molecule has 0 spiro atoms. The zero-order valence-corrected chi connectivity index (χ0v) is 13.9. The van der Waals surface area contributed by atoms with Gasteiger partial charge >= 0.3 is 5.69 Å². The molecule has 5 nitrogen and oxygen atoms in total. The highest BCUT2D eigenvalue weighted by Crippen LogP contribution is 2.37. The van der Waals surface area contributed by atoms with Crippen molar-refractivity contribution >= 4 is 37.5 Å². The van der Waals surface area contributed by atoms with E-state index in [1.807, 2.05) is 13.0 Å². The number of ether oxygens (including phenoxy) is 1. The topological polar surface area (TPSA) is 65.3 Å². The summed E-state index contributed by atoms with van der Waals surface area (Å²) >= 11 is 6.55. The number of hydrogen-bond donors (Lipinski definition) is 0. The minimum Gasteiger partial charge on any atom is -0.431 e. The fourth-order valence-corrected chi connectivity index (χ4v) is 2.72. The molecule has 0 unspecified atom stereocenters. The zero-order valence-electron chi connectivity index (χ0n) is 10.7. The second-order valence-electron chi connectivity index (χ2n) is 4.21. The molecule has 0 radical (unpaired) electrons. The van der Waals surface area contributed by atoms with Crippen LogP contribution in [-0.2, 0) is 0 Å². The van der Waals surface area contributed by atoms with E-state index in [9.17, 15) is 10.1 Å². The van der Waals surface area contributed by atoms with Crippen LogP contribution >= 0.6 is 31.9 Å². The summed E-state index contributed by atoms with van der Waals surface area (Å²) in [6.45, 7) is 3.58. The summed E-state index contributed by atoms with van der Waals surface area (Å²) in [4.78, 5) is 14.8. The van der Waals surface area contributed by atoms with E-state index in [0.717, 1.165) is 10.0 Å². The van der Waals surface area contributed by atoms with E-state index in [2.05, 4.69) is 36.8 Å². The molecule has 0 aliphatic carbocycles. The van der Waals surface area contributed by atoms with Gasteiger partial charge in [-0.25, -0.2) is 4.98 Å². The number of nitro groups is 1. The van der Waals surface area contributed by atoms with Crippen molar-refractivity contribution in [2.45, 2.75) is 13.8 Å². The normalized spacial score (nSPS) is 10.4. The van der Waals surface area contributed by atoms with Gasteiger partial charge in [-0.2, -0.15) is 0 Å². The van der Waals surface area contributed by atoms with Gasteiger partial charge in [0, 0.05) is 32.3 Å². The Balaban J connectivity index is 2.50. The highest BCUT2D eigenvalue weighted by atomic mass is 79.9. The Kier molecular flexibility index (Phi) is 4.39. The molecule has 104 valence electrons. The lowest BCUT2D eigenvalue weighted by Gasteiger charge is -2.10. The molecule has 20 heavy (non-hydrogen) atoms. The molecule has 1 aromatic carbocycles. The van der Waals surface area contributed by atoms with Gasteiger partial charge in [-0.15, -0.1) is 0 Å². The van der Waals surface area contributed by atoms with E-state index in [4.69, 9.17) is 4.74 Å². The van der Waals surface area contributed by atoms with Crippen LogP contribution in [0.25, 0.3) is 0 Å². The average molecular weight is 402 g/mol. The van der Waals surface area contributed by atoms with Crippen molar-refractivity contribution in [2.75, 3.05) is 0 Å². The van der Waals surface area contributed by atoms with Gasteiger partial charge in [0.25, 0.3) is 0 Å². The quantitative estimate of drug-likeness (QED) is 0.540. The number of aryl methyl sites for hydroxylation is 2. The number of nitrogens with zero attached hydrogens (tertiary/aromatic N) is 2. The molecule has 0 saturated heterocycles. The van der Waals surface area contributed by atoms with Gasteiger partial charge < -0.3 is 4.74 Å². The maximum atomic E-state index is 11.1. The molecule has 0 bridgehead atoms. The maximum absolute atomic E-state index is 11.1. The van der Waals surface area contributed by atoms with Gasteiger partial charge in [-0.3, -0.25) is 10.1 Å². The summed E-state index contributed by atoms with van der Waals surface area (Å²) in [5, 5.41) is 11.1. The Morgan fingerprint density at radius 3 is 2.40 bits per heavy atom. The van der Waals surface area contributed by atoms with Crippen LogP contribution < -0.4 is 4.74 Å². The lowest BCUT2D eigenvalue weighted by molar-refractivity contribution is -0.385. The molecule has 0 atom stereocenters. The predicted octanol–water partition coefficient (Wildman–Crippen LogP) is 4.92. The first-order chi connectivity index (χ1) is 9.38. The summed E-state index contributed by atoms with van der Waals surface area (Å²) in [5.74, 6) is 0.554. The van der Waals surface area contributed by atoms with Crippen LogP contribution in [0.15, 0.2) is 33.3 Å². The van der Waals surface area contributed by atoms with Crippen molar-refractivity contribution < 1.29 is 9.66 Å². The number of halogens is 2. The monoisotopic (exact) mass is 400 g/mol. The molecule has 2 rings (SSSR count). The molecular weight excluding hydrogens is 392 g/mol. The lowest BCUT2D eigenvalue weighted by Crippen LogP contribution is -1.98.